The van der Waals surface area contributed by atoms with Crippen LogP contribution in [0.15, 0.2) is 29.3 Å². The molecule has 1 saturated heterocycles. The standard InChI is InChI=1S/C20H28FN7O3S/c1-3-28(17-6-4-5-15-13(17)10-24-27-15)19-14(21)11-23-20(26-19)25-16-9-12(32(22,29)30)7-8-18(16)31-2/h7-9,11,13,15,17,24,27H,3-6,10H2,1-2H3,(H2,22,29,30)(H,23,25,26). The van der Waals surface area contributed by atoms with Crippen molar-refractivity contribution in [1.82, 2.24) is 20.8 Å². The van der Waals surface area contributed by atoms with E-state index in [1.165, 1.54) is 25.3 Å². The maximum atomic E-state index is 14.9. The van der Waals surface area contributed by atoms with Crippen LogP contribution in [0.25, 0.3) is 0 Å². The van der Waals surface area contributed by atoms with Crippen LogP contribution in [0.4, 0.5) is 21.8 Å². The maximum absolute atomic E-state index is 14.9. The number of hydrogen-bond donors (Lipinski definition) is 4. The second kappa shape index (κ2) is 9.14. The molecule has 32 heavy (non-hydrogen) atoms. The van der Waals surface area contributed by atoms with Crippen molar-refractivity contribution in [1.29, 1.82) is 0 Å². The first-order chi connectivity index (χ1) is 15.3. The summed E-state index contributed by atoms with van der Waals surface area (Å²) in [6.45, 7) is 3.39. The molecule has 12 heteroatoms. The molecule has 1 aromatic carbocycles. The molecule has 1 aliphatic carbocycles. The average molecular weight is 466 g/mol. The lowest BCUT2D eigenvalue weighted by atomic mass is 9.81. The van der Waals surface area contributed by atoms with Crippen LogP contribution in [0.5, 0.6) is 5.75 Å². The van der Waals surface area contributed by atoms with Crippen molar-refractivity contribution < 1.29 is 17.5 Å². The van der Waals surface area contributed by atoms with Gasteiger partial charge in [-0.2, -0.15) is 4.98 Å². The van der Waals surface area contributed by atoms with Crippen molar-refractivity contribution in [3.8, 4) is 5.75 Å². The Morgan fingerprint density at radius 2 is 2.19 bits per heavy atom. The van der Waals surface area contributed by atoms with E-state index in [-0.39, 0.29) is 22.7 Å². The molecule has 3 unspecified atom stereocenters. The van der Waals surface area contributed by atoms with Gasteiger partial charge in [0.2, 0.25) is 16.0 Å². The molecule has 0 bridgehead atoms. The van der Waals surface area contributed by atoms with E-state index in [1.807, 2.05) is 11.8 Å². The number of nitrogens with two attached hydrogens (primary N) is 1. The van der Waals surface area contributed by atoms with Crippen LogP contribution in [0.3, 0.4) is 0 Å². The minimum absolute atomic E-state index is 0.0900. The summed E-state index contributed by atoms with van der Waals surface area (Å²) >= 11 is 0. The zero-order valence-corrected chi connectivity index (χ0v) is 18.8. The van der Waals surface area contributed by atoms with E-state index in [9.17, 15) is 12.8 Å². The number of aromatic nitrogens is 2. The van der Waals surface area contributed by atoms with Gasteiger partial charge >= 0.3 is 0 Å². The third kappa shape index (κ3) is 4.49. The Hall–Kier alpha value is -2.54. The van der Waals surface area contributed by atoms with Crippen molar-refractivity contribution in [2.24, 2.45) is 11.1 Å². The molecule has 2 aliphatic rings. The van der Waals surface area contributed by atoms with Crippen LogP contribution >= 0.6 is 0 Å². The number of sulfonamides is 1. The first kappa shape index (κ1) is 22.6. The smallest absolute Gasteiger partial charge is 0.238 e. The van der Waals surface area contributed by atoms with Crippen molar-refractivity contribution >= 4 is 27.5 Å². The molecule has 0 amide bonds. The predicted octanol–water partition coefficient (Wildman–Crippen LogP) is 1.49. The van der Waals surface area contributed by atoms with Gasteiger partial charge in [0.05, 0.1) is 23.9 Å². The zero-order chi connectivity index (χ0) is 22.9. The molecule has 1 saturated carbocycles. The largest absolute Gasteiger partial charge is 0.495 e. The van der Waals surface area contributed by atoms with E-state index in [4.69, 9.17) is 9.88 Å². The van der Waals surface area contributed by atoms with Crippen LogP contribution in [0, 0.1) is 11.7 Å². The van der Waals surface area contributed by atoms with Crippen molar-refractivity contribution in [3.63, 3.8) is 0 Å². The number of primary sulfonamides is 1. The number of hydrogen-bond acceptors (Lipinski definition) is 9. The lowest BCUT2D eigenvalue weighted by Crippen LogP contribution is -2.49. The molecule has 2 heterocycles. The number of fused-ring (bicyclic) bond motifs is 1. The first-order valence-corrected chi connectivity index (χ1v) is 12.1. The number of nitrogens with zero attached hydrogens (tertiary/aromatic N) is 3. The van der Waals surface area contributed by atoms with Crippen molar-refractivity contribution in [3.05, 3.63) is 30.2 Å². The van der Waals surface area contributed by atoms with E-state index < -0.39 is 15.8 Å². The highest BCUT2D eigenvalue weighted by Crippen LogP contribution is 2.34. The third-order valence-electron chi connectivity index (χ3n) is 6.14. The van der Waals surface area contributed by atoms with E-state index in [1.54, 1.807) is 0 Å². The minimum Gasteiger partial charge on any atom is -0.495 e. The van der Waals surface area contributed by atoms with E-state index in [0.717, 1.165) is 32.0 Å². The molecule has 0 spiro atoms. The number of ether oxygens (including phenoxy) is 1. The van der Waals surface area contributed by atoms with E-state index >= 15 is 0 Å². The number of hydrazine groups is 1. The summed E-state index contributed by atoms with van der Waals surface area (Å²) in [6.07, 6.45) is 4.21. The molecular formula is C20H28FN7O3S. The average Bonchev–Trinajstić information content (AvgIpc) is 3.25. The van der Waals surface area contributed by atoms with Gasteiger partial charge in [-0.1, -0.05) is 0 Å². The van der Waals surface area contributed by atoms with Crippen LogP contribution in [0.1, 0.15) is 26.2 Å². The highest BCUT2D eigenvalue weighted by Gasteiger charge is 2.40. The van der Waals surface area contributed by atoms with Crippen LogP contribution < -0.4 is 30.9 Å². The van der Waals surface area contributed by atoms with E-state index in [2.05, 4.69) is 26.1 Å². The second-order valence-electron chi connectivity index (χ2n) is 7.98. The molecule has 3 atom stereocenters. The Labute approximate surface area is 186 Å². The topological polar surface area (TPSA) is 134 Å². The van der Waals surface area contributed by atoms with Gasteiger partial charge in [-0.25, -0.2) is 22.9 Å². The number of methoxy groups -OCH3 is 1. The number of benzene rings is 1. The second-order valence-corrected chi connectivity index (χ2v) is 9.54. The number of nitrogens with one attached hydrogen (secondary N) is 3. The van der Waals surface area contributed by atoms with Crippen LogP contribution in [0.2, 0.25) is 0 Å². The summed E-state index contributed by atoms with van der Waals surface area (Å²) in [6, 6.07) is 4.65. The molecule has 10 nitrogen and oxygen atoms in total. The molecule has 174 valence electrons. The Balaban J connectivity index is 1.66. The fourth-order valence-corrected chi connectivity index (χ4v) is 5.18. The molecule has 2 fully saturated rings. The number of rotatable bonds is 7. The molecule has 4 rings (SSSR count). The lowest BCUT2D eigenvalue weighted by molar-refractivity contribution is 0.278. The monoisotopic (exact) mass is 465 g/mol. The van der Waals surface area contributed by atoms with Gasteiger partial charge in [0.25, 0.3) is 0 Å². The molecular weight excluding hydrogens is 437 g/mol. The third-order valence-corrected chi connectivity index (χ3v) is 7.05. The maximum Gasteiger partial charge on any atom is 0.238 e. The Morgan fingerprint density at radius 1 is 1.38 bits per heavy atom. The van der Waals surface area contributed by atoms with Crippen LogP contribution in [-0.2, 0) is 10.0 Å². The van der Waals surface area contributed by atoms with Crippen LogP contribution in [-0.4, -0.2) is 50.7 Å². The quantitative estimate of drug-likeness (QED) is 0.480. The summed E-state index contributed by atoms with van der Waals surface area (Å²) < 4.78 is 43.6. The van der Waals surface area contributed by atoms with Gasteiger partial charge in [-0.05, 0) is 44.4 Å². The predicted molar refractivity (Wildman–Crippen MR) is 119 cm³/mol. The van der Waals surface area contributed by atoms with Gasteiger partial charge in [0, 0.05) is 31.1 Å². The first-order valence-electron chi connectivity index (χ1n) is 10.6. The molecule has 2 aromatic rings. The fraction of sp³-hybridized carbons (Fsp3) is 0.500. The summed E-state index contributed by atoms with van der Waals surface area (Å²) in [5, 5.41) is 8.19. The van der Waals surface area contributed by atoms with Crippen molar-refractivity contribution in [2.45, 2.75) is 43.2 Å². The van der Waals surface area contributed by atoms with E-state index in [0.29, 0.717) is 29.9 Å². The molecule has 0 radical (unpaired) electrons. The highest BCUT2D eigenvalue weighted by molar-refractivity contribution is 7.89. The van der Waals surface area contributed by atoms with Gasteiger partial charge in [-0.15, -0.1) is 0 Å². The summed E-state index contributed by atoms with van der Waals surface area (Å²) in [7, 11) is -2.46. The summed E-state index contributed by atoms with van der Waals surface area (Å²) in [4.78, 5) is 10.4. The SMILES string of the molecule is CCN(c1nc(Nc2cc(S(N)(=O)=O)ccc2OC)ncc1F)C1CCCC2NNCC21. The minimum atomic E-state index is -3.91. The Morgan fingerprint density at radius 3 is 2.91 bits per heavy atom. The van der Waals surface area contributed by atoms with Gasteiger partial charge in [0.1, 0.15) is 5.75 Å². The summed E-state index contributed by atoms with van der Waals surface area (Å²) in [5.41, 5.74) is 6.85. The highest BCUT2D eigenvalue weighted by atomic mass is 32.2. The number of halogens is 1. The molecule has 1 aliphatic heterocycles. The molecule has 5 N–H and O–H groups in total. The number of anilines is 3. The van der Waals surface area contributed by atoms with Crippen molar-refractivity contribution in [2.75, 3.05) is 30.4 Å². The lowest BCUT2D eigenvalue weighted by Gasteiger charge is -2.40. The Kier molecular flexibility index (Phi) is 6.47. The van der Waals surface area contributed by atoms with Gasteiger partial charge < -0.3 is 15.0 Å². The van der Waals surface area contributed by atoms with Gasteiger partial charge in [0.15, 0.2) is 11.6 Å². The Bertz CT molecular complexity index is 1080. The zero-order valence-electron chi connectivity index (χ0n) is 18.0. The summed E-state index contributed by atoms with van der Waals surface area (Å²) in [5.74, 6) is 0.547. The molecule has 1 aromatic heterocycles. The fourth-order valence-electron chi connectivity index (χ4n) is 4.64. The normalized spacial score (nSPS) is 22.9. The van der Waals surface area contributed by atoms with Gasteiger partial charge in [-0.3, -0.25) is 10.9 Å².